The van der Waals surface area contributed by atoms with Gasteiger partial charge in [-0.1, -0.05) is 12.2 Å². The van der Waals surface area contributed by atoms with Crippen molar-refractivity contribution in [3.05, 3.63) is 0 Å². The van der Waals surface area contributed by atoms with Crippen LogP contribution >= 0.6 is 34.0 Å². The van der Waals surface area contributed by atoms with Crippen molar-refractivity contribution in [3.63, 3.8) is 0 Å². The van der Waals surface area contributed by atoms with Crippen molar-refractivity contribution in [3.8, 4) is 0 Å². The van der Waals surface area contributed by atoms with Gasteiger partial charge in [-0.25, -0.2) is 31.7 Å². The van der Waals surface area contributed by atoms with Gasteiger partial charge in [0.25, 0.3) is 0 Å². The van der Waals surface area contributed by atoms with E-state index in [2.05, 4.69) is 20.8 Å². The Hall–Kier alpha value is -1.44. The van der Waals surface area contributed by atoms with Gasteiger partial charge in [0.15, 0.2) is 0 Å². The number of nitrogens with one attached hydrogen (secondary N) is 2. The molecular weight excluding hydrogens is 484 g/mol. The Balaban J connectivity index is 0.00000338. The van der Waals surface area contributed by atoms with Crippen molar-refractivity contribution in [2.24, 2.45) is 26.8 Å². The molecule has 2 heterocycles. The molecular formula is C14H30Br2N10O. The summed E-state index contributed by atoms with van der Waals surface area (Å²) in [6, 6.07) is 0. The lowest BCUT2D eigenvalue weighted by Crippen LogP contribution is -2.59. The van der Waals surface area contributed by atoms with Crippen LogP contribution in [-0.2, 0) is 4.79 Å². The van der Waals surface area contributed by atoms with Crippen molar-refractivity contribution in [1.82, 2.24) is 26.1 Å². The third-order valence-electron chi connectivity index (χ3n) is 3.97. The van der Waals surface area contributed by atoms with Crippen molar-refractivity contribution in [2.45, 2.75) is 39.5 Å². The predicted octanol–water partition coefficient (Wildman–Crippen LogP) is 0.0693. The largest absolute Gasteiger partial charge is 0.300 e. The lowest BCUT2D eigenvalue weighted by atomic mass is 10.1. The molecule has 6 N–H and O–H groups in total. The molecule has 2 aliphatic rings. The molecule has 0 aromatic rings. The minimum atomic E-state index is 0. The molecule has 156 valence electrons. The van der Waals surface area contributed by atoms with Gasteiger partial charge in [-0.05, 0) is 19.8 Å². The Morgan fingerprint density at radius 3 is 2.07 bits per heavy atom. The van der Waals surface area contributed by atoms with Crippen LogP contribution < -0.4 is 22.5 Å². The van der Waals surface area contributed by atoms with Crippen LogP contribution in [0.5, 0.6) is 0 Å². The zero-order valence-corrected chi connectivity index (χ0v) is 19.1. The number of ketones is 1. The summed E-state index contributed by atoms with van der Waals surface area (Å²) < 4.78 is 0. The Morgan fingerprint density at radius 2 is 1.63 bits per heavy atom. The molecule has 0 saturated heterocycles. The maximum atomic E-state index is 11.5. The second kappa shape index (κ2) is 12.9. The molecule has 27 heavy (non-hydrogen) atoms. The van der Waals surface area contributed by atoms with Gasteiger partial charge in [-0.2, -0.15) is 0 Å². The molecule has 0 saturated carbocycles. The van der Waals surface area contributed by atoms with E-state index in [0.717, 1.165) is 18.6 Å². The third-order valence-corrected chi connectivity index (χ3v) is 3.97. The number of hydrazine groups is 4. The Morgan fingerprint density at radius 1 is 1.11 bits per heavy atom. The van der Waals surface area contributed by atoms with Gasteiger partial charge in [-0.3, -0.25) is 15.6 Å². The molecule has 0 aromatic heterocycles. The fourth-order valence-corrected chi connectivity index (χ4v) is 2.62. The number of halogens is 2. The number of carbonyl (C=O) groups is 1. The number of hydrazone groups is 1. The molecule has 0 radical (unpaired) electrons. The van der Waals surface area contributed by atoms with E-state index in [1.54, 1.807) is 5.23 Å². The Bertz CT molecular complexity index is 538. The minimum Gasteiger partial charge on any atom is -0.300 e. The number of hydrogen-bond donors (Lipinski definition) is 4. The van der Waals surface area contributed by atoms with Gasteiger partial charge in [-0.15, -0.1) is 39.1 Å². The molecule has 0 spiro atoms. The second-order valence-corrected chi connectivity index (χ2v) is 5.79. The number of nitrogens with zero attached hydrogens (tertiary/aromatic N) is 6. The maximum Gasteiger partial charge on any atom is 0.230 e. The summed E-state index contributed by atoms with van der Waals surface area (Å²) in [7, 11) is 0. The normalized spacial score (nSPS) is 16.2. The highest BCUT2D eigenvalue weighted by Crippen LogP contribution is 2.14. The highest BCUT2D eigenvalue weighted by molar-refractivity contribution is 8.93. The van der Waals surface area contributed by atoms with Crippen LogP contribution in [0.15, 0.2) is 15.1 Å². The zero-order valence-electron chi connectivity index (χ0n) is 15.7. The van der Waals surface area contributed by atoms with E-state index >= 15 is 0 Å². The van der Waals surface area contributed by atoms with E-state index in [4.69, 9.17) is 16.8 Å². The molecule has 11 nitrogen and oxygen atoms in total. The van der Waals surface area contributed by atoms with Crippen LogP contribution in [-0.4, -0.2) is 64.8 Å². The van der Waals surface area contributed by atoms with Crippen LogP contribution in [0.1, 0.15) is 39.5 Å². The minimum absolute atomic E-state index is 0. The van der Waals surface area contributed by atoms with E-state index < -0.39 is 0 Å². The van der Waals surface area contributed by atoms with Crippen molar-refractivity contribution < 1.29 is 4.79 Å². The van der Waals surface area contributed by atoms with E-state index in [1.807, 2.05) is 23.9 Å². The standard InChI is InChI=1S/C14H28N10O.2BrH/c1-3-12(25)6-4-5-11(2)21-24(22-9-7-17-13(22)19-15)23-10-8-18-14(23)20-16;;/h3-10,15-16H2,1-2H3,(H,17,19)(H,18,20);2*1H. The van der Waals surface area contributed by atoms with Crippen LogP contribution in [0, 0.1) is 0 Å². The Kier molecular flexibility index (Phi) is 12.2. The average Bonchev–Trinajstić information content (AvgIpc) is 3.28. The summed E-state index contributed by atoms with van der Waals surface area (Å²) >= 11 is 0. The average molecular weight is 514 g/mol. The van der Waals surface area contributed by atoms with E-state index in [1.165, 1.54) is 0 Å². The summed E-state index contributed by atoms with van der Waals surface area (Å²) in [5.41, 5.74) is 6.08. The number of rotatable bonds is 8. The zero-order chi connectivity index (χ0) is 18.2. The van der Waals surface area contributed by atoms with Gasteiger partial charge in [0.05, 0.1) is 26.2 Å². The Labute approximate surface area is 180 Å². The third kappa shape index (κ3) is 6.90. The van der Waals surface area contributed by atoms with Crippen LogP contribution in [0.25, 0.3) is 0 Å². The smallest absolute Gasteiger partial charge is 0.230 e. The van der Waals surface area contributed by atoms with Crippen molar-refractivity contribution in [2.75, 3.05) is 26.2 Å². The SMILES string of the molecule is Br.Br.CCC(=O)CCCC(C)=NN(N1CCN=C1NN)N1CCN=C1NN. The fraction of sp³-hybridized carbons (Fsp3) is 0.714. The molecule has 0 aliphatic carbocycles. The summed E-state index contributed by atoms with van der Waals surface area (Å²) in [4.78, 5) is 20.1. The second-order valence-electron chi connectivity index (χ2n) is 5.79. The predicted molar refractivity (Wildman–Crippen MR) is 117 cm³/mol. The molecule has 0 unspecified atom stereocenters. The topological polar surface area (TPSA) is 140 Å². The first-order valence-corrected chi connectivity index (χ1v) is 8.53. The van der Waals surface area contributed by atoms with Gasteiger partial charge >= 0.3 is 0 Å². The molecule has 13 heteroatoms. The van der Waals surface area contributed by atoms with Crippen LogP contribution in [0.3, 0.4) is 0 Å². The molecule has 2 aliphatic heterocycles. The molecule has 0 bridgehead atoms. The lowest BCUT2D eigenvalue weighted by Gasteiger charge is -2.37. The van der Waals surface area contributed by atoms with Crippen LogP contribution in [0.4, 0.5) is 0 Å². The van der Waals surface area contributed by atoms with E-state index in [-0.39, 0.29) is 39.7 Å². The van der Waals surface area contributed by atoms with E-state index in [9.17, 15) is 4.79 Å². The van der Waals surface area contributed by atoms with Gasteiger partial charge in [0.1, 0.15) is 5.78 Å². The fourth-order valence-electron chi connectivity index (χ4n) is 2.62. The van der Waals surface area contributed by atoms with Crippen molar-refractivity contribution >= 4 is 57.4 Å². The van der Waals surface area contributed by atoms with Gasteiger partial charge in [0.2, 0.25) is 11.9 Å². The number of carbonyl (C=O) groups excluding carboxylic acids is 1. The molecule has 0 aromatic carbocycles. The monoisotopic (exact) mass is 512 g/mol. The summed E-state index contributed by atoms with van der Waals surface area (Å²) in [5.74, 6) is 12.5. The first-order valence-electron chi connectivity index (χ1n) is 8.53. The molecule has 0 amide bonds. The highest BCUT2D eigenvalue weighted by atomic mass is 79.9. The number of guanidine groups is 2. The summed E-state index contributed by atoms with van der Waals surface area (Å²) in [6.45, 7) is 6.33. The summed E-state index contributed by atoms with van der Waals surface area (Å²) in [5, 5.41) is 10.1. The number of Topliss-reactive ketones (excluding diaryl/α,β-unsaturated/α-hetero) is 1. The van der Waals surface area contributed by atoms with E-state index in [0.29, 0.717) is 50.9 Å². The molecule has 2 rings (SSSR count). The molecule has 0 atom stereocenters. The number of hydrogen-bond acceptors (Lipinski definition) is 11. The van der Waals surface area contributed by atoms with Crippen molar-refractivity contribution in [1.29, 1.82) is 0 Å². The summed E-state index contributed by atoms with van der Waals surface area (Å²) in [6.07, 6.45) is 2.66. The van der Waals surface area contributed by atoms with Gasteiger partial charge in [0, 0.05) is 18.6 Å². The van der Waals surface area contributed by atoms with Gasteiger partial charge < -0.3 is 0 Å². The lowest BCUT2D eigenvalue weighted by molar-refractivity contribution is -0.118. The maximum absolute atomic E-state index is 11.5. The first kappa shape index (κ1) is 25.6. The molecule has 0 fully saturated rings. The van der Waals surface area contributed by atoms with Crippen LogP contribution in [0.2, 0.25) is 0 Å². The number of nitrogens with two attached hydrogens (primary N) is 2. The quantitative estimate of drug-likeness (QED) is 0.203. The highest BCUT2D eigenvalue weighted by Gasteiger charge is 2.31. The first-order chi connectivity index (χ1) is 12.1. The number of aliphatic imine (C=N–C) groups is 2.